The van der Waals surface area contributed by atoms with E-state index in [4.69, 9.17) is 5.73 Å². The van der Waals surface area contributed by atoms with Gasteiger partial charge in [0.2, 0.25) is 5.91 Å². The molecule has 1 heterocycles. The molecule has 0 radical (unpaired) electrons. The molecule has 1 aromatic rings. The SMILES string of the molecule is CC(=O)Nc1ccc(F)c(C(=O)N2CCCC(N)C2)c1.Cl. The Morgan fingerprint density at radius 1 is 1.43 bits per heavy atom. The number of nitrogens with zero attached hydrogens (tertiary/aromatic N) is 1. The van der Waals surface area contributed by atoms with E-state index < -0.39 is 5.82 Å². The Morgan fingerprint density at radius 3 is 2.76 bits per heavy atom. The molecule has 0 bridgehead atoms. The molecule has 1 atom stereocenters. The predicted octanol–water partition coefficient (Wildman–Crippen LogP) is 1.77. The summed E-state index contributed by atoms with van der Waals surface area (Å²) in [6.07, 6.45) is 1.69. The Morgan fingerprint density at radius 2 is 2.14 bits per heavy atom. The number of amides is 2. The monoisotopic (exact) mass is 315 g/mol. The van der Waals surface area contributed by atoms with Crippen LogP contribution in [-0.2, 0) is 4.79 Å². The maximum atomic E-state index is 13.8. The molecule has 5 nitrogen and oxygen atoms in total. The smallest absolute Gasteiger partial charge is 0.256 e. The average Bonchev–Trinajstić information content (AvgIpc) is 2.39. The van der Waals surface area contributed by atoms with Crippen LogP contribution < -0.4 is 11.1 Å². The largest absolute Gasteiger partial charge is 0.337 e. The first-order valence-electron chi connectivity index (χ1n) is 6.59. The van der Waals surface area contributed by atoms with E-state index in [9.17, 15) is 14.0 Å². The molecule has 21 heavy (non-hydrogen) atoms. The predicted molar refractivity (Wildman–Crippen MR) is 81.1 cm³/mol. The quantitative estimate of drug-likeness (QED) is 0.873. The summed E-state index contributed by atoms with van der Waals surface area (Å²) in [5.41, 5.74) is 6.20. The fourth-order valence-electron chi connectivity index (χ4n) is 2.33. The second kappa shape index (κ2) is 7.38. The maximum Gasteiger partial charge on any atom is 0.256 e. The van der Waals surface area contributed by atoms with Crippen LogP contribution in [0.25, 0.3) is 0 Å². The number of hydrogen-bond donors (Lipinski definition) is 2. The van der Waals surface area contributed by atoms with Gasteiger partial charge in [-0.3, -0.25) is 9.59 Å². The van der Waals surface area contributed by atoms with Crippen LogP contribution in [0, 0.1) is 5.82 Å². The van der Waals surface area contributed by atoms with Gasteiger partial charge in [0.05, 0.1) is 5.56 Å². The van der Waals surface area contributed by atoms with E-state index in [1.54, 1.807) is 4.90 Å². The molecule has 0 aromatic heterocycles. The van der Waals surface area contributed by atoms with Crippen molar-refractivity contribution in [2.24, 2.45) is 5.73 Å². The average molecular weight is 316 g/mol. The van der Waals surface area contributed by atoms with Crippen molar-refractivity contribution in [3.63, 3.8) is 0 Å². The van der Waals surface area contributed by atoms with Gasteiger partial charge in [-0.05, 0) is 31.0 Å². The lowest BCUT2D eigenvalue weighted by atomic mass is 10.0. The van der Waals surface area contributed by atoms with Crippen molar-refractivity contribution < 1.29 is 14.0 Å². The minimum atomic E-state index is -0.594. The van der Waals surface area contributed by atoms with Crippen LogP contribution in [0.15, 0.2) is 18.2 Å². The van der Waals surface area contributed by atoms with Crippen LogP contribution in [0.2, 0.25) is 0 Å². The molecule has 0 spiro atoms. The first-order chi connectivity index (χ1) is 9.47. The van der Waals surface area contributed by atoms with E-state index in [2.05, 4.69) is 5.32 Å². The minimum absolute atomic E-state index is 0. The Bertz CT molecular complexity index is 539. The third kappa shape index (κ3) is 4.41. The number of nitrogens with two attached hydrogens (primary N) is 1. The molecular weight excluding hydrogens is 297 g/mol. The van der Waals surface area contributed by atoms with Crippen LogP contribution in [-0.4, -0.2) is 35.8 Å². The summed E-state index contributed by atoms with van der Waals surface area (Å²) in [6.45, 7) is 2.37. The van der Waals surface area contributed by atoms with E-state index in [-0.39, 0.29) is 35.8 Å². The Labute approximate surface area is 129 Å². The zero-order valence-electron chi connectivity index (χ0n) is 11.8. The molecule has 1 aromatic carbocycles. The molecule has 1 saturated heterocycles. The van der Waals surface area contributed by atoms with Crippen molar-refractivity contribution in [3.8, 4) is 0 Å². The third-order valence-corrected chi connectivity index (χ3v) is 3.26. The summed E-state index contributed by atoms with van der Waals surface area (Å²) < 4.78 is 13.8. The van der Waals surface area contributed by atoms with E-state index in [1.807, 2.05) is 0 Å². The number of rotatable bonds is 2. The fraction of sp³-hybridized carbons (Fsp3) is 0.429. The highest BCUT2D eigenvalue weighted by Crippen LogP contribution is 2.19. The Balaban J connectivity index is 0.00000220. The molecule has 1 unspecified atom stereocenters. The lowest BCUT2D eigenvalue weighted by molar-refractivity contribution is -0.114. The van der Waals surface area contributed by atoms with Crippen molar-refractivity contribution >= 4 is 29.9 Å². The molecule has 7 heteroatoms. The lowest BCUT2D eigenvalue weighted by Crippen LogP contribution is -2.45. The van der Waals surface area contributed by atoms with Crippen molar-refractivity contribution in [2.75, 3.05) is 18.4 Å². The number of nitrogens with one attached hydrogen (secondary N) is 1. The van der Waals surface area contributed by atoms with Gasteiger partial charge in [0, 0.05) is 31.7 Å². The molecule has 1 fully saturated rings. The minimum Gasteiger partial charge on any atom is -0.337 e. The maximum absolute atomic E-state index is 13.8. The van der Waals surface area contributed by atoms with Crippen LogP contribution in [0.1, 0.15) is 30.1 Å². The van der Waals surface area contributed by atoms with E-state index in [1.165, 1.54) is 25.1 Å². The topological polar surface area (TPSA) is 75.4 Å². The first kappa shape index (κ1) is 17.4. The number of halogens is 2. The third-order valence-electron chi connectivity index (χ3n) is 3.26. The molecule has 0 aliphatic carbocycles. The summed E-state index contributed by atoms with van der Waals surface area (Å²) in [7, 11) is 0. The number of hydrogen-bond acceptors (Lipinski definition) is 3. The Kier molecular flexibility index (Phi) is 6.11. The van der Waals surface area contributed by atoms with Crippen molar-refractivity contribution in [1.82, 2.24) is 4.90 Å². The van der Waals surface area contributed by atoms with E-state index >= 15 is 0 Å². The number of benzene rings is 1. The van der Waals surface area contributed by atoms with Crippen LogP contribution >= 0.6 is 12.4 Å². The van der Waals surface area contributed by atoms with Crippen LogP contribution in [0.5, 0.6) is 0 Å². The zero-order chi connectivity index (χ0) is 14.7. The second-order valence-corrected chi connectivity index (χ2v) is 5.03. The van der Waals surface area contributed by atoms with Gasteiger partial charge in [-0.25, -0.2) is 4.39 Å². The number of carbonyl (C=O) groups is 2. The number of anilines is 1. The van der Waals surface area contributed by atoms with Gasteiger partial charge in [-0.1, -0.05) is 0 Å². The summed E-state index contributed by atoms with van der Waals surface area (Å²) >= 11 is 0. The fourth-order valence-corrected chi connectivity index (χ4v) is 2.33. The highest BCUT2D eigenvalue weighted by Gasteiger charge is 2.24. The van der Waals surface area contributed by atoms with Gasteiger partial charge >= 0.3 is 0 Å². The van der Waals surface area contributed by atoms with Crippen molar-refractivity contribution in [3.05, 3.63) is 29.6 Å². The van der Waals surface area contributed by atoms with Crippen molar-refractivity contribution in [2.45, 2.75) is 25.8 Å². The molecule has 3 N–H and O–H groups in total. The van der Waals surface area contributed by atoms with Crippen LogP contribution in [0.4, 0.5) is 10.1 Å². The zero-order valence-corrected chi connectivity index (χ0v) is 12.6. The summed E-state index contributed by atoms with van der Waals surface area (Å²) in [5, 5.41) is 2.54. The second-order valence-electron chi connectivity index (χ2n) is 5.03. The molecule has 1 aliphatic rings. The van der Waals surface area contributed by atoms with Gasteiger partial charge in [0.25, 0.3) is 5.91 Å². The van der Waals surface area contributed by atoms with Crippen molar-refractivity contribution in [1.29, 1.82) is 0 Å². The molecule has 2 amide bonds. The molecule has 116 valence electrons. The summed E-state index contributed by atoms with van der Waals surface area (Å²) in [5.74, 6) is -1.25. The van der Waals surface area contributed by atoms with Gasteiger partial charge in [0.15, 0.2) is 0 Å². The standard InChI is InChI=1S/C14H18FN3O2.ClH/c1-9(19)17-11-4-5-13(15)12(7-11)14(20)18-6-2-3-10(16)8-18;/h4-5,7,10H,2-3,6,8,16H2,1H3,(H,17,19);1H. The lowest BCUT2D eigenvalue weighted by Gasteiger charge is -2.31. The number of likely N-dealkylation sites (tertiary alicyclic amines) is 1. The molecular formula is C14H19ClFN3O2. The van der Waals surface area contributed by atoms with E-state index in [0.29, 0.717) is 18.8 Å². The molecule has 2 rings (SSSR count). The van der Waals surface area contributed by atoms with E-state index in [0.717, 1.165) is 12.8 Å². The molecule has 1 aliphatic heterocycles. The molecule has 0 saturated carbocycles. The number of piperidine rings is 1. The van der Waals surface area contributed by atoms with Gasteiger partial charge in [-0.2, -0.15) is 0 Å². The normalized spacial score (nSPS) is 17.9. The number of carbonyl (C=O) groups excluding carboxylic acids is 2. The van der Waals surface area contributed by atoms with Crippen LogP contribution in [0.3, 0.4) is 0 Å². The Hall–Kier alpha value is -1.66. The highest BCUT2D eigenvalue weighted by atomic mass is 35.5. The highest BCUT2D eigenvalue weighted by molar-refractivity contribution is 5.97. The van der Waals surface area contributed by atoms with Gasteiger partial charge in [-0.15, -0.1) is 12.4 Å². The summed E-state index contributed by atoms with van der Waals surface area (Å²) in [4.78, 5) is 24.9. The summed E-state index contributed by atoms with van der Waals surface area (Å²) in [6, 6.07) is 3.91. The first-order valence-corrected chi connectivity index (χ1v) is 6.59. The van der Waals surface area contributed by atoms with Gasteiger partial charge in [0.1, 0.15) is 5.82 Å². The van der Waals surface area contributed by atoms with Gasteiger partial charge < -0.3 is 16.0 Å².